The van der Waals surface area contributed by atoms with Gasteiger partial charge in [0.05, 0.1) is 11.0 Å². The van der Waals surface area contributed by atoms with Gasteiger partial charge in [-0.25, -0.2) is 9.97 Å². The van der Waals surface area contributed by atoms with Gasteiger partial charge in [-0.15, -0.1) is 11.3 Å². The molecule has 4 rings (SSSR count). The predicted molar refractivity (Wildman–Crippen MR) is 130 cm³/mol. The minimum absolute atomic E-state index is 0.0521. The lowest BCUT2D eigenvalue weighted by Crippen LogP contribution is -2.46. The number of carbonyl (C=O) groups excluding carboxylic acids is 2. The molecule has 0 aromatic carbocycles. The van der Waals surface area contributed by atoms with E-state index >= 15 is 0 Å². The van der Waals surface area contributed by atoms with Crippen LogP contribution in [0.25, 0.3) is 10.4 Å². The molecule has 0 unspecified atom stereocenters. The van der Waals surface area contributed by atoms with E-state index in [0.717, 1.165) is 29.8 Å². The third-order valence-corrected chi connectivity index (χ3v) is 7.23. The number of aliphatic hydroxyl groups excluding tert-OH is 1. The Morgan fingerprint density at radius 1 is 1.27 bits per heavy atom. The second-order valence-electron chi connectivity index (χ2n) is 10.2. The van der Waals surface area contributed by atoms with Crippen molar-refractivity contribution in [3.8, 4) is 10.4 Å². The van der Waals surface area contributed by atoms with Crippen LogP contribution >= 0.6 is 11.3 Å². The zero-order chi connectivity index (χ0) is 23.9. The van der Waals surface area contributed by atoms with Crippen LogP contribution in [0.15, 0.2) is 12.3 Å². The number of thiazole rings is 1. The number of nitrogens with zero attached hydrogens (tertiary/aromatic N) is 3. The molecule has 1 aliphatic carbocycles. The van der Waals surface area contributed by atoms with E-state index in [1.165, 1.54) is 11.3 Å². The Balaban J connectivity index is 1.68. The molecule has 2 aromatic heterocycles. The number of hydrogen-bond donors (Lipinski definition) is 3. The van der Waals surface area contributed by atoms with Crippen molar-refractivity contribution in [1.82, 2.24) is 20.2 Å². The maximum absolute atomic E-state index is 13.5. The highest BCUT2D eigenvalue weighted by Gasteiger charge is 2.33. The summed E-state index contributed by atoms with van der Waals surface area (Å²) in [7, 11) is 0. The molecule has 2 amide bonds. The summed E-state index contributed by atoms with van der Waals surface area (Å²) in [6.45, 7) is 10.9. The van der Waals surface area contributed by atoms with Crippen LogP contribution in [-0.2, 0) is 0 Å². The Bertz CT molecular complexity index is 1050. The monoisotopic (exact) mass is 471 g/mol. The van der Waals surface area contributed by atoms with Gasteiger partial charge in [0.1, 0.15) is 11.5 Å². The Morgan fingerprint density at radius 2 is 2.00 bits per heavy atom. The molecule has 2 fully saturated rings. The van der Waals surface area contributed by atoms with Crippen molar-refractivity contribution in [2.45, 2.75) is 84.0 Å². The summed E-state index contributed by atoms with van der Waals surface area (Å²) in [6, 6.07) is 2.06. The van der Waals surface area contributed by atoms with Gasteiger partial charge in [0, 0.05) is 35.9 Å². The molecule has 8 nitrogen and oxygen atoms in total. The fourth-order valence-electron chi connectivity index (χ4n) is 4.31. The summed E-state index contributed by atoms with van der Waals surface area (Å²) in [4.78, 5) is 37.9. The molecule has 3 heterocycles. The molecule has 9 heteroatoms. The van der Waals surface area contributed by atoms with Crippen LogP contribution in [0.1, 0.15) is 79.2 Å². The van der Waals surface area contributed by atoms with Crippen molar-refractivity contribution in [2.24, 2.45) is 0 Å². The topological polar surface area (TPSA) is 107 Å². The second-order valence-corrected chi connectivity index (χ2v) is 11.2. The van der Waals surface area contributed by atoms with E-state index in [-0.39, 0.29) is 40.5 Å². The molecule has 1 saturated heterocycles. The fourth-order valence-corrected chi connectivity index (χ4v) is 5.35. The number of aliphatic hydroxyl groups is 1. The Morgan fingerprint density at radius 3 is 2.58 bits per heavy atom. The number of amides is 2. The van der Waals surface area contributed by atoms with E-state index in [0.29, 0.717) is 30.0 Å². The second kappa shape index (κ2) is 9.02. The lowest BCUT2D eigenvalue weighted by atomic mass is 9.89. The zero-order valence-corrected chi connectivity index (χ0v) is 20.8. The van der Waals surface area contributed by atoms with Crippen LogP contribution in [-0.4, -0.2) is 62.1 Å². The number of likely N-dealkylation sites (tertiary alicyclic amines) is 1. The summed E-state index contributed by atoms with van der Waals surface area (Å²) < 4.78 is 0. The van der Waals surface area contributed by atoms with Crippen LogP contribution in [0.3, 0.4) is 0 Å². The van der Waals surface area contributed by atoms with Crippen LogP contribution < -0.4 is 10.6 Å². The summed E-state index contributed by atoms with van der Waals surface area (Å²) >= 11 is 1.23. The van der Waals surface area contributed by atoms with Gasteiger partial charge in [0.15, 0.2) is 5.01 Å². The molecule has 3 N–H and O–H groups in total. The molecule has 1 saturated carbocycles. The maximum Gasteiger partial charge on any atom is 0.280 e. The number of pyridine rings is 1. The van der Waals surface area contributed by atoms with Crippen molar-refractivity contribution in [3.63, 3.8) is 0 Å². The maximum atomic E-state index is 13.5. The van der Waals surface area contributed by atoms with Gasteiger partial charge in [-0.1, -0.05) is 0 Å². The summed E-state index contributed by atoms with van der Waals surface area (Å²) in [5.41, 5.74) is 1.95. The van der Waals surface area contributed by atoms with Gasteiger partial charge in [0.2, 0.25) is 0 Å². The van der Waals surface area contributed by atoms with Gasteiger partial charge in [-0.3, -0.25) is 9.59 Å². The van der Waals surface area contributed by atoms with Gasteiger partial charge in [-0.2, -0.15) is 0 Å². The van der Waals surface area contributed by atoms with Gasteiger partial charge >= 0.3 is 0 Å². The van der Waals surface area contributed by atoms with Crippen LogP contribution in [0.5, 0.6) is 0 Å². The van der Waals surface area contributed by atoms with Crippen molar-refractivity contribution >= 4 is 29.0 Å². The third-order valence-electron chi connectivity index (χ3n) is 6.14. The average molecular weight is 472 g/mol. The first kappa shape index (κ1) is 23.6. The molecular formula is C24H33N5O3S. The highest BCUT2D eigenvalue weighted by molar-refractivity contribution is 7.17. The fraction of sp³-hybridized carbons (Fsp3) is 0.583. The average Bonchev–Trinajstić information content (AvgIpc) is 3.32. The molecule has 0 bridgehead atoms. The normalized spacial score (nSPS) is 22.7. The molecule has 0 radical (unpaired) electrons. The van der Waals surface area contributed by atoms with Crippen molar-refractivity contribution in [2.75, 3.05) is 11.9 Å². The number of aryl methyl sites for hydroxylation is 1. The van der Waals surface area contributed by atoms with E-state index in [2.05, 4.69) is 41.4 Å². The van der Waals surface area contributed by atoms with E-state index in [4.69, 9.17) is 0 Å². The zero-order valence-electron chi connectivity index (χ0n) is 19.9. The standard InChI is InChI=1S/C24H33N5O3S/c1-13-9-18(28-24(3,4)5)25-12-17(13)20-19(23(32)29-8-6-7-14(29)2)27-22(33-20)21(31)26-15-10-16(30)11-15/h9,12,14-16,30H,6-8,10-11H2,1-5H3,(H,25,28)(H,26,31)/t14-,15-,16+/m0/s1. The van der Waals surface area contributed by atoms with Gasteiger partial charge in [0.25, 0.3) is 11.8 Å². The largest absolute Gasteiger partial charge is 0.393 e. The molecule has 33 heavy (non-hydrogen) atoms. The predicted octanol–water partition coefficient (Wildman–Crippen LogP) is 3.60. The number of anilines is 1. The number of rotatable bonds is 5. The first-order valence-corrected chi connectivity index (χ1v) is 12.4. The number of aromatic nitrogens is 2. The molecule has 2 aliphatic rings. The van der Waals surface area contributed by atoms with Crippen molar-refractivity contribution < 1.29 is 14.7 Å². The first-order valence-electron chi connectivity index (χ1n) is 11.6. The van der Waals surface area contributed by atoms with E-state index in [9.17, 15) is 14.7 Å². The Labute approximate surface area is 198 Å². The quantitative estimate of drug-likeness (QED) is 0.615. The van der Waals surface area contributed by atoms with Crippen LogP contribution in [0, 0.1) is 6.92 Å². The minimum atomic E-state index is -0.357. The van der Waals surface area contributed by atoms with Crippen LogP contribution in [0.4, 0.5) is 5.82 Å². The lowest BCUT2D eigenvalue weighted by Gasteiger charge is -2.31. The summed E-state index contributed by atoms with van der Waals surface area (Å²) in [5, 5.41) is 16.1. The number of hydrogen-bond acceptors (Lipinski definition) is 7. The Kier molecular flexibility index (Phi) is 6.46. The van der Waals surface area contributed by atoms with E-state index < -0.39 is 0 Å². The van der Waals surface area contributed by atoms with E-state index in [1.54, 1.807) is 6.20 Å². The molecule has 0 spiro atoms. The number of carbonyl (C=O) groups is 2. The van der Waals surface area contributed by atoms with Crippen molar-refractivity contribution in [1.29, 1.82) is 0 Å². The van der Waals surface area contributed by atoms with Gasteiger partial charge < -0.3 is 20.6 Å². The highest BCUT2D eigenvalue weighted by Crippen LogP contribution is 2.35. The van der Waals surface area contributed by atoms with Crippen LogP contribution in [0.2, 0.25) is 0 Å². The SMILES string of the molecule is Cc1cc(NC(C)(C)C)ncc1-c1sc(C(=O)N[C@H]2C[C@@H](O)C2)nc1C(=O)N1CCC[C@@H]1C. The van der Waals surface area contributed by atoms with Gasteiger partial charge in [-0.05, 0) is 71.9 Å². The molecule has 178 valence electrons. The molecule has 1 atom stereocenters. The lowest BCUT2D eigenvalue weighted by molar-refractivity contribution is 0.0562. The number of nitrogens with one attached hydrogen (secondary N) is 2. The third kappa shape index (κ3) is 5.19. The van der Waals surface area contributed by atoms with Crippen molar-refractivity contribution in [3.05, 3.63) is 28.5 Å². The minimum Gasteiger partial charge on any atom is -0.393 e. The Hall–Kier alpha value is -2.52. The smallest absolute Gasteiger partial charge is 0.280 e. The molecular weight excluding hydrogens is 438 g/mol. The summed E-state index contributed by atoms with van der Waals surface area (Å²) in [5.74, 6) is 0.319. The van der Waals surface area contributed by atoms with E-state index in [1.807, 2.05) is 24.8 Å². The first-order chi connectivity index (χ1) is 15.5. The highest BCUT2D eigenvalue weighted by atomic mass is 32.1. The molecule has 2 aromatic rings. The summed E-state index contributed by atoms with van der Waals surface area (Å²) in [6.07, 6.45) is 4.43. The molecule has 1 aliphatic heterocycles.